The lowest BCUT2D eigenvalue weighted by Crippen LogP contribution is -2.17. The first kappa shape index (κ1) is 21.7. The van der Waals surface area contributed by atoms with E-state index in [4.69, 9.17) is 16.7 Å². The molecule has 0 aliphatic rings. The largest absolute Gasteiger partial charge is 0.573 e. The van der Waals surface area contributed by atoms with Crippen LogP contribution in [0.25, 0.3) is 11.3 Å². The third-order valence-electron chi connectivity index (χ3n) is 3.84. The smallest absolute Gasteiger partial charge is 0.404 e. The summed E-state index contributed by atoms with van der Waals surface area (Å²) in [4.78, 5) is 8.84. The van der Waals surface area contributed by atoms with Gasteiger partial charge in [-0.25, -0.2) is 4.98 Å². The van der Waals surface area contributed by atoms with Crippen LogP contribution in [-0.2, 0) is 0 Å². The number of halogens is 4. The molecule has 0 saturated carbocycles. The molecule has 158 valence electrons. The standard InChI is InChI=1S/C20H18ClF3N4O2/c21-15-11-14(7-8-17(15)30-20(22,23)24)26-18-12-16(13-5-2-1-3-6-13)27-19(28-18)25-9-4-10-29/h1-3,5-8,11-12,29H,4,9-10H2,(H2,25,26,27,28). The molecular formula is C20H18ClF3N4O2. The van der Waals surface area contributed by atoms with Crippen molar-refractivity contribution in [3.63, 3.8) is 0 Å². The highest BCUT2D eigenvalue weighted by Gasteiger charge is 2.32. The molecule has 0 unspecified atom stereocenters. The Morgan fingerprint density at radius 1 is 1.03 bits per heavy atom. The fourth-order valence-electron chi connectivity index (χ4n) is 2.56. The Kier molecular flexibility index (Phi) is 6.96. The van der Waals surface area contributed by atoms with E-state index in [1.165, 1.54) is 12.1 Å². The van der Waals surface area contributed by atoms with Crippen molar-refractivity contribution < 1.29 is 23.0 Å². The Balaban J connectivity index is 1.87. The van der Waals surface area contributed by atoms with E-state index < -0.39 is 12.1 Å². The summed E-state index contributed by atoms with van der Waals surface area (Å²) >= 11 is 5.91. The molecule has 0 aliphatic heterocycles. The van der Waals surface area contributed by atoms with Crippen molar-refractivity contribution in [2.75, 3.05) is 23.8 Å². The van der Waals surface area contributed by atoms with Crippen LogP contribution < -0.4 is 15.4 Å². The summed E-state index contributed by atoms with van der Waals surface area (Å²) in [7, 11) is 0. The predicted octanol–water partition coefficient (Wildman–Crippen LogP) is 5.23. The molecule has 30 heavy (non-hydrogen) atoms. The molecule has 3 rings (SSSR count). The van der Waals surface area contributed by atoms with Crippen molar-refractivity contribution in [1.82, 2.24) is 9.97 Å². The van der Waals surface area contributed by atoms with E-state index >= 15 is 0 Å². The van der Waals surface area contributed by atoms with Crippen molar-refractivity contribution in [3.05, 3.63) is 59.6 Å². The highest BCUT2D eigenvalue weighted by molar-refractivity contribution is 6.32. The second-order valence-corrected chi connectivity index (χ2v) is 6.56. The minimum atomic E-state index is -4.83. The van der Waals surface area contributed by atoms with E-state index in [2.05, 4.69) is 25.3 Å². The van der Waals surface area contributed by atoms with E-state index in [-0.39, 0.29) is 11.6 Å². The molecule has 10 heteroatoms. The van der Waals surface area contributed by atoms with Crippen LogP contribution in [-0.4, -0.2) is 34.6 Å². The van der Waals surface area contributed by atoms with Crippen LogP contribution in [0.5, 0.6) is 5.75 Å². The van der Waals surface area contributed by atoms with Gasteiger partial charge in [0.15, 0.2) is 0 Å². The number of aliphatic hydroxyl groups is 1. The minimum absolute atomic E-state index is 0.0291. The Bertz CT molecular complexity index is 988. The van der Waals surface area contributed by atoms with Crippen molar-refractivity contribution in [3.8, 4) is 17.0 Å². The molecule has 0 fully saturated rings. The number of benzene rings is 2. The molecule has 1 heterocycles. The predicted molar refractivity (Wildman–Crippen MR) is 109 cm³/mol. The molecule has 0 aliphatic carbocycles. The summed E-state index contributed by atoms with van der Waals surface area (Å²) < 4.78 is 41.1. The molecule has 0 atom stereocenters. The van der Waals surface area contributed by atoms with E-state index in [9.17, 15) is 13.2 Å². The van der Waals surface area contributed by atoms with Crippen LogP contribution in [0.1, 0.15) is 6.42 Å². The Morgan fingerprint density at radius 3 is 2.47 bits per heavy atom. The number of nitrogens with one attached hydrogen (secondary N) is 2. The van der Waals surface area contributed by atoms with Crippen LogP contribution >= 0.6 is 11.6 Å². The first-order valence-electron chi connectivity index (χ1n) is 8.95. The maximum absolute atomic E-state index is 12.4. The summed E-state index contributed by atoms with van der Waals surface area (Å²) in [5.74, 6) is 0.264. The maximum atomic E-state index is 12.4. The molecule has 0 bridgehead atoms. The van der Waals surface area contributed by atoms with Gasteiger partial charge >= 0.3 is 6.36 Å². The number of alkyl halides is 3. The molecule has 0 saturated heterocycles. The molecule has 0 amide bonds. The zero-order chi connectivity index (χ0) is 21.6. The van der Waals surface area contributed by atoms with Gasteiger partial charge in [-0.3, -0.25) is 0 Å². The Labute approximate surface area is 175 Å². The van der Waals surface area contributed by atoms with Gasteiger partial charge in [0.1, 0.15) is 11.6 Å². The highest BCUT2D eigenvalue weighted by Crippen LogP contribution is 2.33. The lowest BCUT2D eigenvalue weighted by atomic mass is 10.1. The number of nitrogens with zero attached hydrogens (tertiary/aromatic N) is 2. The topological polar surface area (TPSA) is 79.3 Å². The van der Waals surface area contributed by atoms with Gasteiger partial charge in [-0.1, -0.05) is 41.9 Å². The normalized spacial score (nSPS) is 11.2. The number of aromatic nitrogens is 2. The van der Waals surface area contributed by atoms with Crippen molar-refractivity contribution in [2.24, 2.45) is 0 Å². The second-order valence-electron chi connectivity index (χ2n) is 6.15. The van der Waals surface area contributed by atoms with Crippen LogP contribution in [0.3, 0.4) is 0 Å². The zero-order valence-electron chi connectivity index (χ0n) is 15.6. The second kappa shape index (κ2) is 9.64. The fourth-order valence-corrected chi connectivity index (χ4v) is 2.78. The average Bonchev–Trinajstić information content (AvgIpc) is 2.70. The molecule has 0 spiro atoms. The van der Waals surface area contributed by atoms with E-state index in [0.717, 1.165) is 11.6 Å². The summed E-state index contributed by atoms with van der Waals surface area (Å²) in [6.45, 7) is 0.505. The van der Waals surface area contributed by atoms with Gasteiger partial charge in [-0.15, -0.1) is 13.2 Å². The van der Waals surface area contributed by atoms with Crippen LogP contribution in [0.2, 0.25) is 5.02 Å². The molecule has 3 N–H and O–H groups in total. The van der Waals surface area contributed by atoms with Gasteiger partial charge in [-0.2, -0.15) is 4.98 Å². The molecule has 0 radical (unpaired) electrons. The average molecular weight is 439 g/mol. The van der Waals surface area contributed by atoms with Crippen molar-refractivity contribution in [2.45, 2.75) is 12.8 Å². The van der Waals surface area contributed by atoms with Crippen molar-refractivity contribution >= 4 is 29.1 Å². The minimum Gasteiger partial charge on any atom is -0.404 e. The number of hydrogen-bond acceptors (Lipinski definition) is 6. The van der Waals surface area contributed by atoms with Gasteiger partial charge in [0.05, 0.1) is 10.7 Å². The number of ether oxygens (including phenoxy) is 1. The summed E-state index contributed by atoms with van der Waals surface area (Å²) in [5, 5.41) is 14.8. The zero-order valence-corrected chi connectivity index (χ0v) is 16.3. The Hall–Kier alpha value is -3.04. The number of aliphatic hydroxyl groups excluding tert-OH is 1. The van der Waals surface area contributed by atoms with E-state index in [0.29, 0.717) is 36.1 Å². The van der Waals surface area contributed by atoms with Gasteiger partial charge in [0, 0.05) is 30.5 Å². The van der Waals surface area contributed by atoms with Gasteiger partial charge in [0.25, 0.3) is 0 Å². The molecule has 1 aromatic heterocycles. The quantitative estimate of drug-likeness (QED) is 0.418. The monoisotopic (exact) mass is 438 g/mol. The SMILES string of the molecule is OCCCNc1nc(Nc2ccc(OC(F)(F)F)c(Cl)c2)cc(-c2ccccc2)n1. The lowest BCUT2D eigenvalue weighted by Gasteiger charge is -2.13. The molecule has 3 aromatic rings. The lowest BCUT2D eigenvalue weighted by molar-refractivity contribution is -0.274. The first-order valence-corrected chi connectivity index (χ1v) is 9.33. The Morgan fingerprint density at radius 2 is 1.80 bits per heavy atom. The maximum Gasteiger partial charge on any atom is 0.573 e. The first-order chi connectivity index (χ1) is 14.3. The highest BCUT2D eigenvalue weighted by atomic mass is 35.5. The number of rotatable bonds is 8. The van der Waals surface area contributed by atoms with Gasteiger partial charge in [-0.05, 0) is 24.6 Å². The van der Waals surface area contributed by atoms with Gasteiger partial charge in [0.2, 0.25) is 5.95 Å². The fraction of sp³-hybridized carbons (Fsp3) is 0.200. The summed E-state index contributed by atoms with van der Waals surface area (Å²) in [6.07, 6.45) is -4.30. The molecular weight excluding hydrogens is 421 g/mol. The molecule has 2 aromatic carbocycles. The summed E-state index contributed by atoms with van der Waals surface area (Å²) in [5.41, 5.74) is 1.93. The van der Waals surface area contributed by atoms with E-state index in [1.54, 1.807) is 6.07 Å². The van der Waals surface area contributed by atoms with Gasteiger partial charge < -0.3 is 20.5 Å². The van der Waals surface area contributed by atoms with Crippen LogP contribution in [0.15, 0.2) is 54.6 Å². The number of anilines is 3. The van der Waals surface area contributed by atoms with Crippen LogP contribution in [0.4, 0.5) is 30.6 Å². The number of hydrogen-bond donors (Lipinski definition) is 3. The third-order valence-corrected chi connectivity index (χ3v) is 4.14. The van der Waals surface area contributed by atoms with Crippen molar-refractivity contribution in [1.29, 1.82) is 0 Å². The third kappa shape index (κ3) is 6.23. The molecule has 6 nitrogen and oxygen atoms in total. The van der Waals surface area contributed by atoms with Crippen LogP contribution in [0, 0.1) is 0 Å². The summed E-state index contributed by atoms with van der Waals surface area (Å²) in [6, 6.07) is 15.0. The van der Waals surface area contributed by atoms with E-state index in [1.807, 2.05) is 30.3 Å².